The summed E-state index contributed by atoms with van der Waals surface area (Å²) >= 11 is 0. The number of amides is 1. The lowest BCUT2D eigenvalue weighted by Gasteiger charge is -2.21. The van der Waals surface area contributed by atoms with Crippen LogP contribution in [0.1, 0.15) is 13.3 Å². The van der Waals surface area contributed by atoms with Gasteiger partial charge in [0.15, 0.2) is 0 Å². The average molecular weight is 262 g/mol. The van der Waals surface area contributed by atoms with E-state index >= 15 is 0 Å². The number of benzene rings is 1. The van der Waals surface area contributed by atoms with Crippen LogP contribution >= 0.6 is 0 Å². The number of carbonyl (C=O) groups excluding carboxylic acids is 1. The van der Waals surface area contributed by atoms with Crippen molar-refractivity contribution in [1.29, 1.82) is 0 Å². The van der Waals surface area contributed by atoms with Gasteiger partial charge in [0.05, 0.1) is 6.54 Å². The fourth-order valence-electron chi connectivity index (χ4n) is 1.82. The van der Waals surface area contributed by atoms with Crippen molar-refractivity contribution in [3.8, 4) is 0 Å². The Kier molecular flexibility index (Phi) is 4.22. The molecule has 0 saturated carbocycles. The van der Waals surface area contributed by atoms with Gasteiger partial charge in [0.2, 0.25) is 5.91 Å². The van der Waals surface area contributed by atoms with Gasteiger partial charge in [0.25, 0.3) is 0 Å². The molecule has 0 spiro atoms. The van der Waals surface area contributed by atoms with Crippen LogP contribution < -0.4 is 4.90 Å². The van der Waals surface area contributed by atoms with Crippen molar-refractivity contribution in [3.63, 3.8) is 0 Å². The summed E-state index contributed by atoms with van der Waals surface area (Å²) in [6.07, 6.45) is 3.33. The van der Waals surface area contributed by atoms with E-state index in [2.05, 4.69) is 10.1 Å². The van der Waals surface area contributed by atoms with Gasteiger partial charge in [-0.15, -0.1) is 0 Å². The molecule has 0 aliphatic heterocycles. The molecule has 0 fully saturated rings. The highest BCUT2D eigenvalue weighted by atomic mass is 19.1. The van der Waals surface area contributed by atoms with Crippen LogP contribution in [0.4, 0.5) is 10.1 Å². The van der Waals surface area contributed by atoms with Crippen molar-refractivity contribution in [1.82, 2.24) is 14.8 Å². The van der Waals surface area contributed by atoms with Crippen LogP contribution in [0.2, 0.25) is 0 Å². The summed E-state index contributed by atoms with van der Waals surface area (Å²) in [5, 5.41) is 3.94. The monoisotopic (exact) mass is 262 g/mol. The summed E-state index contributed by atoms with van der Waals surface area (Å²) in [6.45, 7) is 2.91. The van der Waals surface area contributed by atoms with E-state index in [1.54, 1.807) is 28.0 Å². The number of hydrogen-bond acceptors (Lipinski definition) is 3. The zero-order chi connectivity index (χ0) is 13.7. The van der Waals surface area contributed by atoms with Crippen molar-refractivity contribution in [2.75, 3.05) is 11.4 Å². The second-order valence-corrected chi connectivity index (χ2v) is 4.02. The molecule has 1 amide bonds. The maximum Gasteiger partial charge on any atom is 0.228 e. The second kappa shape index (κ2) is 6.08. The average Bonchev–Trinajstić information content (AvgIpc) is 2.92. The maximum absolute atomic E-state index is 12.9. The molecule has 6 heteroatoms. The van der Waals surface area contributed by atoms with Gasteiger partial charge in [-0.2, -0.15) is 5.10 Å². The first kappa shape index (κ1) is 13.2. The van der Waals surface area contributed by atoms with E-state index in [1.807, 2.05) is 6.92 Å². The van der Waals surface area contributed by atoms with Crippen LogP contribution in [0.15, 0.2) is 36.9 Å². The van der Waals surface area contributed by atoms with Crippen LogP contribution in [0, 0.1) is 5.82 Å². The predicted molar refractivity (Wildman–Crippen MR) is 69.1 cm³/mol. The van der Waals surface area contributed by atoms with Crippen LogP contribution in [0.3, 0.4) is 0 Å². The molecule has 0 unspecified atom stereocenters. The molecule has 19 heavy (non-hydrogen) atoms. The van der Waals surface area contributed by atoms with E-state index in [9.17, 15) is 9.18 Å². The van der Waals surface area contributed by atoms with Crippen molar-refractivity contribution in [3.05, 3.63) is 42.7 Å². The highest BCUT2D eigenvalue weighted by Crippen LogP contribution is 2.15. The summed E-state index contributed by atoms with van der Waals surface area (Å²) in [6, 6.07) is 5.91. The Morgan fingerprint density at radius 1 is 1.37 bits per heavy atom. The smallest absolute Gasteiger partial charge is 0.228 e. The second-order valence-electron chi connectivity index (χ2n) is 4.02. The van der Waals surface area contributed by atoms with Crippen molar-refractivity contribution < 1.29 is 9.18 Å². The summed E-state index contributed by atoms with van der Waals surface area (Å²) < 4.78 is 14.5. The molecule has 100 valence electrons. The largest absolute Gasteiger partial charge is 0.313 e. The molecular weight excluding hydrogens is 247 g/mol. The first-order valence-electron chi connectivity index (χ1n) is 6.09. The van der Waals surface area contributed by atoms with E-state index in [0.717, 1.165) is 0 Å². The Hall–Kier alpha value is -2.24. The SMILES string of the molecule is CCN(C(=O)CCn1cncn1)c1ccc(F)cc1. The van der Waals surface area contributed by atoms with Crippen LogP contribution in [0.5, 0.6) is 0 Å². The molecule has 2 aromatic rings. The maximum atomic E-state index is 12.9. The van der Waals surface area contributed by atoms with E-state index in [0.29, 0.717) is 25.2 Å². The van der Waals surface area contributed by atoms with Crippen LogP contribution in [-0.4, -0.2) is 27.2 Å². The fourth-order valence-corrected chi connectivity index (χ4v) is 1.82. The lowest BCUT2D eigenvalue weighted by atomic mass is 10.2. The molecule has 0 radical (unpaired) electrons. The van der Waals surface area contributed by atoms with Gasteiger partial charge in [0.1, 0.15) is 18.5 Å². The van der Waals surface area contributed by atoms with Gasteiger partial charge in [-0.05, 0) is 31.2 Å². The van der Waals surface area contributed by atoms with Crippen molar-refractivity contribution in [2.45, 2.75) is 19.9 Å². The van der Waals surface area contributed by atoms with Crippen molar-refractivity contribution >= 4 is 11.6 Å². The Balaban J connectivity index is 2.00. The Bertz CT molecular complexity index is 524. The lowest BCUT2D eigenvalue weighted by molar-refractivity contribution is -0.118. The molecule has 0 N–H and O–H groups in total. The Labute approximate surface area is 110 Å². The zero-order valence-electron chi connectivity index (χ0n) is 10.7. The zero-order valence-corrected chi connectivity index (χ0v) is 10.7. The minimum absolute atomic E-state index is 0.0235. The number of hydrogen-bond donors (Lipinski definition) is 0. The minimum atomic E-state index is -0.310. The highest BCUT2D eigenvalue weighted by molar-refractivity contribution is 5.93. The van der Waals surface area contributed by atoms with Gasteiger partial charge >= 0.3 is 0 Å². The molecule has 0 saturated heterocycles. The van der Waals surface area contributed by atoms with Gasteiger partial charge in [-0.25, -0.2) is 9.37 Å². The highest BCUT2D eigenvalue weighted by Gasteiger charge is 2.13. The minimum Gasteiger partial charge on any atom is -0.313 e. The number of aromatic nitrogens is 3. The topological polar surface area (TPSA) is 51.0 Å². The number of nitrogens with zero attached hydrogens (tertiary/aromatic N) is 4. The third-order valence-corrected chi connectivity index (χ3v) is 2.78. The first-order chi connectivity index (χ1) is 9.20. The third kappa shape index (κ3) is 3.37. The van der Waals surface area contributed by atoms with Gasteiger partial charge < -0.3 is 4.90 Å². The van der Waals surface area contributed by atoms with Gasteiger partial charge in [0, 0.05) is 18.7 Å². The molecule has 0 aliphatic carbocycles. The molecule has 0 aliphatic rings. The molecule has 0 atom stereocenters. The standard InChI is InChI=1S/C13H15FN4O/c1-2-18(12-5-3-11(14)4-6-12)13(19)7-8-17-10-15-9-16-17/h3-6,9-10H,2,7-8H2,1H3. The van der Waals surface area contributed by atoms with E-state index in [1.165, 1.54) is 18.5 Å². The van der Waals surface area contributed by atoms with Crippen LogP contribution in [-0.2, 0) is 11.3 Å². The summed E-state index contributed by atoms with van der Waals surface area (Å²) in [4.78, 5) is 17.6. The number of halogens is 1. The van der Waals surface area contributed by atoms with Crippen LogP contribution in [0.25, 0.3) is 0 Å². The third-order valence-electron chi connectivity index (χ3n) is 2.78. The molecule has 1 heterocycles. The molecule has 2 rings (SSSR count). The summed E-state index contributed by atoms with van der Waals surface area (Å²) in [5.74, 6) is -0.334. The van der Waals surface area contributed by atoms with Crippen molar-refractivity contribution in [2.24, 2.45) is 0 Å². The number of anilines is 1. The molecule has 1 aromatic heterocycles. The lowest BCUT2D eigenvalue weighted by Crippen LogP contribution is -2.31. The Morgan fingerprint density at radius 2 is 2.11 bits per heavy atom. The Morgan fingerprint density at radius 3 is 2.68 bits per heavy atom. The van der Waals surface area contributed by atoms with E-state index in [-0.39, 0.29) is 11.7 Å². The number of carbonyl (C=O) groups is 1. The molecule has 5 nitrogen and oxygen atoms in total. The summed E-state index contributed by atoms with van der Waals surface area (Å²) in [7, 11) is 0. The predicted octanol–water partition coefficient (Wildman–Crippen LogP) is 1.86. The molecule has 1 aromatic carbocycles. The van der Waals surface area contributed by atoms with Gasteiger partial charge in [-0.3, -0.25) is 9.48 Å². The summed E-state index contributed by atoms with van der Waals surface area (Å²) in [5.41, 5.74) is 0.701. The number of aryl methyl sites for hydroxylation is 1. The van der Waals surface area contributed by atoms with E-state index < -0.39 is 0 Å². The number of rotatable bonds is 5. The quantitative estimate of drug-likeness (QED) is 0.826. The fraction of sp³-hybridized carbons (Fsp3) is 0.308. The normalized spacial score (nSPS) is 10.4. The molecular formula is C13H15FN4O. The van der Waals surface area contributed by atoms with Gasteiger partial charge in [-0.1, -0.05) is 0 Å². The first-order valence-corrected chi connectivity index (χ1v) is 6.09. The van der Waals surface area contributed by atoms with E-state index in [4.69, 9.17) is 0 Å². The molecule has 0 bridgehead atoms.